The van der Waals surface area contributed by atoms with Crippen molar-refractivity contribution in [3.05, 3.63) is 170 Å². The van der Waals surface area contributed by atoms with Crippen LogP contribution in [0.2, 0.25) is 0 Å². The van der Waals surface area contributed by atoms with Crippen LogP contribution in [0.5, 0.6) is 0 Å². The maximum absolute atomic E-state index is 9.83. The second-order valence-electron chi connectivity index (χ2n) is 11.6. The molecule has 10 aromatic rings. The minimum absolute atomic E-state index is 0.133. The highest BCUT2D eigenvalue weighted by atomic mass is 16.3. The van der Waals surface area contributed by atoms with E-state index in [1.165, 1.54) is 0 Å². The first-order valence-corrected chi connectivity index (χ1v) is 15.7. The zero-order valence-electron chi connectivity index (χ0n) is 37.9. The van der Waals surface area contributed by atoms with Crippen molar-refractivity contribution in [2.45, 2.75) is 0 Å². The quantitative estimate of drug-likeness (QED) is 0.186. The van der Waals surface area contributed by atoms with Crippen molar-refractivity contribution in [2.24, 2.45) is 0 Å². The van der Waals surface area contributed by atoms with Crippen LogP contribution in [-0.4, -0.2) is 19.5 Å². The molecular weight excluding hydrogens is 613 g/mol. The molecule has 0 unspecified atom stereocenters. The van der Waals surface area contributed by atoms with Crippen LogP contribution in [-0.2, 0) is 0 Å². The van der Waals surface area contributed by atoms with Gasteiger partial charge in [-0.1, -0.05) is 121 Å². The summed E-state index contributed by atoms with van der Waals surface area (Å²) in [5.41, 5.74) is 2.64. The largest absolute Gasteiger partial charge is 0.456 e. The maximum Gasteiger partial charge on any atom is 0.164 e. The third kappa shape index (κ3) is 4.67. The highest BCUT2D eigenvalue weighted by Crippen LogP contribution is 2.36. The van der Waals surface area contributed by atoms with Crippen LogP contribution in [0.25, 0.3) is 94.7 Å². The predicted octanol–water partition coefficient (Wildman–Crippen LogP) is 11.5. The van der Waals surface area contributed by atoms with Crippen LogP contribution in [0.1, 0.15) is 16.4 Å². The lowest BCUT2D eigenvalue weighted by atomic mass is 10.0. The van der Waals surface area contributed by atoms with Crippen molar-refractivity contribution in [2.75, 3.05) is 0 Å². The van der Waals surface area contributed by atoms with Gasteiger partial charge in [0.2, 0.25) is 0 Å². The number of furan rings is 1. The Hall–Kier alpha value is -6.85. The standard InChI is InChI=1S/C45H28N4O/c1-3-12-29(13-4-1)30-14-11-15-31(26-30)43-46-44(48-45(47-43)33-23-25-38-37-19-8-10-21-41(37)50-42(38)28-33)32-22-24-36-35-18-7-9-20-39(35)49(40(36)27-32)34-16-5-2-6-17-34/h1-28H/i2D,5D,6D,7D,9D,16D,17D,18D,20D,22D,24D,27D. The lowest BCUT2D eigenvalue weighted by Gasteiger charge is -2.11. The van der Waals surface area contributed by atoms with E-state index in [1.54, 1.807) is 12.1 Å². The average Bonchev–Trinajstić information content (AvgIpc) is 3.85. The summed E-state index contributed by atoms with van der Waals surface area (Å²) in [4.78, 5) is 14.5. The van der Waals surface area contributed by atoms with E-state index >= 15 is 0 Å². The van der Waals surface area contributed by atoms with E-state index in [1.807, 2.05) is 84.9 Å². The van der Waals surface area contributed by atoms with Crippen molar-refractivity contribution in [3.63, 3.8) is 0 Å². The molecule has 0 saturated heterocycles. The highest BCUT2D eigenvalue weighted by Gasteiger charge is 2.18. The summed E-state index contributed by atoms with van der Waals surface area (Å²) >= 11 is 0. The Balaban J connectivity index is 1.32. The summed E-state index contributed by atoms with van der Waals surface area (Å²) in [6.07, 6.45) is 0. The third-order valence-corrected chi connectivity index (χ3v) is 8.59. The number of para-hydroxylation sites is 3. The van der Waals surface area contributed by atoms with Gasteiger partial charge in [0.05, 0.1) is 27.5 Å². The van der Waals surface area contributed by atoms with Crippen LogP contribution >= 0.6 is 0 Å². The minimum Gasteiger partial charge on any atom is -0.456 e. The van der Waals surface area contributed by atoms with Crippen molar-refractivity contribution >= 4 is 43.7 Å². The summed E-state index contributed by atoms with van der Waals surface area (Å²) in [6, 6.07) is 22.4. The van der Waals surface area contributed by atoms with Crippen LogP contribution in [0.3, 0.4) is 0 Å². The number of nitrogens with zero attached hydrogens (tertiary/aromatic N) is 4. The molecule has 0 bridgehead atoms. The Morgan fingerprint density at radius 2 is 1.10 bits per heavy atom. The molecular formula is C45H28N4O. The number of hydrogen-bond acceptors (Lipinski definition) is 4. The first kappa shape index (κ1) is 18.6. The van der Waals surface area contributed by atoms with E-state index in [-0.39, 0.29) is 44.8 Å². The van der Waals surface area contributed by atoms with Gasteiger partial charge in [0, 0.05) is 43.9 Å². The Morgan fingerprint density at radius 3 is 1.96 bits per heavy atom. The van der Waals surface area contributed by atoms with E-state index < -0.39 is 78.2 Å². The number of rotatable bonds is 5. The van der Waals surface area contributed by atoms with Crippen LogP contribution in [0, 0.1) is 0 Å². The van der Waals surface area contributed by atoms with Crippen molar-refractivity contribution < 1.29 is 20.9 Å². The van der Waals surface area contributed by atoms with Gasteiger partial charge in [0.1, 0.15) is 11.2 Å². The molecule has 0 radical (unpaired) electrons. The molecule has 7 aromatic carbocycles. The molecule has 3 aromatic heterocycles. The van der Waals surface area contributed by atoms with Gasteiger partial charge in [0.15, 0.2) is 17.5 Å². The van der Waals surface area contributed by atoms with E-state index in [0.29, 0.717) is 22.3 Å². The summed E-state index contributed by atoms with van der Waals surface area (Å²) in [7, 11) is 0. The zero-order valence-corrected chi connectivity index (χ0v) is 25.9. The second-order valence-corrected chi connectivity index (χ2v) is 11.6. The van der Waals surface area contributed by atoms with Crippen LogP contribution < -0.4 is 0 Å². The molecule has 234 valence electrons. The van der Waals surface area contributed by atoms with Gasteiger partial charge in [-0.05, 0) is 59.6 Å². The molecule has 0 aliphatic carbocycles. The zero-order chi connectivity index (χ0) is 43.5. The Labute approximate surface area is 304 Å². The van der Waals surface area contributed by atoms with E-state index in [9.17, 15) is 4.11 Å². The molecule has 0 fully saturated rings. The minimum atomic E-state index is -0.724. The molecule has 0 amide bonds. The lowest BCUT2D eigenvalue weighted by Crippen LogP contribution is -2.00. The van der Waals surface area contributed by atoms with Crippen molar-refractivity contribution in [3.8, 4) is 51.0 Å². The molecule has 0 aliphatic heterocycles. The van der Waals surface area contributed by atoms with Gasteiger partial charge < -0.3 is 8.98 Å². The van der Waals surface area contributed by atoms with E-state index in [0.717, 1.165) is 26.5 Å². The SMILES string of the molecule is [2H]c1c([2H])c([2H])c(-n2c3c([2H])c([2H])c([2H])c([2H])c3c3c([2H])c([2H])c(-c4nc(-c5cccc(-c6ccccc6)c5)nc(-c5ccc6c(c5)oc5ccccc56)n4)c([2H])c32)c([2H])c1[2H]. The normalized spacial score (nSPS) is 15.0. The molecule has 50 heavy (non-hydrogen) atoms. The maximum atomic E-state index is 9.83. The first-order valence-electron chi connectivity index (χ1n) is 21.7. The first-order chi connectivity index (χ1) is 29.8. The fourth-order valence-electron chi connectivity index (χ4n) is 6.28. The van der Waals surface area contributed by atoms with Crippen LogP contribution in [0.15, 0.2) is 174 Å². The van der Waals surface area contributed by atoms with Gasteiger partial charge in [-0.25, -0.2) is 15.0 Å². The molecule has 0 saturated carbocycles. The summed E-state index contributed by atoms with van der Waals surface area (Å²) in [6.45, 7) is 0. The average molecular weight is 653 g/mol. The molecule has 0 spiro atoms. The highest BCUT2D eigenvalue weighted by molar-refractivity contribution is 6.10. The number of benzene rings is 7. The van der Waals surface area contributed by atoms with E-state index in [4.69, 9.17) is 31.7 Å². The smallest absolute Gasteiger partial charge is 0.164 e. The summed E-state index contributed by atoms with van der Waals surface area (Å²) in [5, 5.41) is 1.26. The topological polar surface area (TPSA) is 56.7 Å². The van der Waals surface area contributed by atoms with Gasteiger partial charge in [-0.3, -0.25) is 0 Å². The molecule has 0 N–H and O–H groups in total. The molecule has 3 heterocycles. The molecule has 0 aliphatic rings. The monoisotopic (exact) mass is 652 g/mol. The summed E-state index contributed by atoms with van der Waals surface area (Å²) in [5.74, 6) is 0.0833. The number of hydrogen-bond donors (Lipinski definition) is 0. The van der Waals surface area contributed by atoms with Crippen molar-refractivity contribution in [1.29, 1.82) is 0 Å². The van der Waals surface area contributed by atoms with E-state index in [2.05, 4.69) is 0 Å². The Morgan fingerprint density at radius 1 is 0.440 bits per heavy atom. The number of fused-ring (bicyclic) bond motifs is 6. The lowest BCUT2D eigenvalue weighted by molar-refractivity contribution is 0.669. The van der Waals surface area contributed by atoms with Gasteiger partial charge in [-0.2, -0.15) is 0 Å². The third-order valence-electron chi connectivity index (χ3n) is 8.59. The fourth-order valence-corrected chi connectivity index (χ4v) is 6.28. The van der Waals surface area contributed by atoms with Gasteiger partial charge in [-0.15, -0.1) is 0 Å². The summed E-state index contributed by atoms with van der Waals surface area (Å²) < 4.78 is 114. The van der Waals surface area contributed by atoms with Gasteiger partial charge >= 0.3 is 0 Å². The van der Waals surface area contributed by atoms with Crippen molar-refractivity contribution in [1.82, 2.24) is 19.5 Å². The molecule has 5 nitrogen and oxygen atoms in total. The predicted molar refractivity (Wildman–Crippen MR) is 203 cm³/mol. The molecule has 10 rings (SSSR count). The second kappa shape index (κ2) is 11.4. The van der Waals surface area contributed by atoms with Gasteiger partial charge in [0.25, 0.3) is 0 Å². The Kier molecular flexibility index (Phi) is 4.24. The Bertz CT molecular complexity index is 3540. The number of aromatic nitrogens is 4. The van der Waals surface area contributed by atoms with Crippen LogP contribution in [0.4, 0.5) is 0 Å². The fraction of sp³-hybridized carbons (Fsp3) is 0. The molecule has 5 heteroatoms. The molecule has 0 atom stereocenters.